The third kappa shape index (κ3) is 2.44. The summed E-state index contributed by atoms with van der Waals surface area (Å²) in [5, 5.41) is 2.29. The molecule has 1 fully saturated rings. The molecule has 2 unspecified atom stereocenters. The number of nitrogens with zero attached hydrogens (tertiary/aromatic N) is 1. The predicted molar refractivity (Wildman–Crippen MR) is 57.4 cm³/mol. The summed E-state index contributed by atoms with van der Waals surface area (Å²) in [5.74, 6) is 0.741. The number of nitrogens with one attached hydrogen (secondary N) is 1. The molecule has 1 saturated heterocycles. The second-order valence-electron chi connectivity index (χ2n) is 5.71. The predicted octanol–water partition coefficient (Wildman–Crippen LogP) is 2.27. The van der Waals surface area contributed by atoms with Gasteiger partial charge in [0.05, 0.1) is 0 Å². The number of hydrogen-bond donors (Lipinski definition) is 1. The molecule has 0 spiro atoms. The molecule has 1 aliphatic rings. The van der Waals surface area contributed by atoms with Gasteiger partial charge in [-0.2, -0.15) is 0 Å². The molecule has 0 radical (unpaired) electrons. The summed E-state index contributed by atoms with van der Waals surface area (Å²) in [6, 6.07) is 1.33. The van der Waals surface area contributed by atoms with Crippen molar-refractivity contribution in [3.8, 4) is 0 Å². The maximum absolute atomic E-state index is 3.56. The van der Waals surface area contributed by atoms with Crippen LogP contribution in [-0.2, 0) is 0 Å². The molecule has 0 amide bonds. The van der Waals surface area contributed by atoms with Crippen LogP contribution >= 0.6 is 0 Å². The Kier molecular flexibility index (Phi) is 3.03. The normalized spacial score (nSPS) is 31.6. The van der Waals surface area contributed by atoms with Crippen LogP contribution in [0.15, 0.2) is 0 Å². The van der Waals surface area contributed by atoms with Crippen LogP contribution in [-0.4, -0.2) is 24.1 Å². The molecular weight excluding hydrogens is 160 g/mol. The van der Waals surface area contributed by atoms with Crippen LogP contribution in [0.5, 0.6) is 0 Å². The second kappa shape index (κ2) is 3.58. The second-order valence-corrected chi connectivity index (χ2v) is 5.71. The van der Waals surface area contributed by atoms with Gasteiger partial charge in [0.15, 0.2) is 0 Å². The number of hydrogen-bond acceptors (Lipinski definition) is 2. The zero-order valence-corrected chi connectivity index (χ0v) is 9.89. The molecule has 2 heteroatoms. The van der Waals surface area contributed by atoms with Crippen LogP contribution < -0.4 is 5.43 Å². The van der Waals surface area contributed by atoms with Gasteiger partial charge in [-0.15, -0.1) is 0 Å². The fourth-order valence-electron chi connectivity index (χ4n) is 2.06. The monoisotopic (exact) mass is 184 g/mol. The van der Waals surface area contributed by atoms with E-state index in [1.165, 1.54) is 6.42 Å². The topological polar surface area (TPSA) is 15.3 Å². The Morgan fingerprint density at radius 1 is 1.31 bits per heavy atom. The zero-order valence-electron chi connectivity index (χ0n) is 9.89. The molecule has 0 aromatic heterocycles. The van der Waals surface area contributed by atoms with E-state index in [1.54, 1.807) is 0 Å². The van der Waals surface area contributed by atoms with E-state index in [0.717, 1.165) is 5.92 Å². The molecular formula is C11H24N2. The van der Waals surface area contributed by atoms with Crippen LogP contribution in [0, 0.1) is 11.3 Å². The van der Waals surface area contributed by atoms with Gasteiger partial charge >= 0.3 is 0 Å². The Morgan fingerprint density at radius 3 is 2.08 bits per heavy atom. The van der Waals surface area contributed by atoms with Crippen molar-refractivity contribution in [3.05, 3.63) is 0 Å². The van der Waals surface area contributed by atoms with Crippen molar-refractivity contribution < 1.29 is 0 Å². The summed E-state index contributed by atoms with van der Waals surface area (Å²) in [7, 11) is 2.16. The molecule has 2 atom stereocenters. The first-order valence-electron chi connectivity index (χ1n) is 5.31. The van der Waals surface area contributed by atoms with Crippen molar-refractivity contribution in [3.63, 3.8) is 0 Å². The highest BCUT2D eigenvalue weighted by atomic mass is 15.5. The standard InChI is InChI=1S/C11H24N2/c1-8(2)9-7-10(11(3,4)5)12-13(9)6/h8-10,12H,7H2,1-6H3. The minimum Gasteiger partial charge on any atom is -0.252 e. The van der Waals surface area contributed by atoms with Crippen LogP contribution in [0.4, 0.5) is 0 Å². The lowest BCUT2D eigenvalue weighted by Gasteiger charge is -2.27. The van der Waals surface area contributed by atoms with E-state index >= 15 is 0 Å². The van der Waals surface area contributed by atoms with E-state index in [9.17, 15) is 0 Å². The Bertz CT molecular complexity index is 169. The summed E-state index contributed by atoms with van der Waals surface area (Å²) in [6.45, 7) is 11.5. The van der Waals surface area contributed by atoms with Gasteiger partial charge in [-0.1, -0.05) is 34.6 Å². The lowest BCUT2D eigenvalue weighted by atomic mass is 9.83. The molecule has 0 aromatic rings. The Hall–Kier alpha value is -0.0800. The van der Waals surface area contributed by atoms with Gasteiger partial charge in [-0.3, -0.25) is 5.43 Å². The van der Waals surface area contributed by atoms with E-state index in [4.69, 9.17) is 0 Å². The lowest BCUT2D eigenvalue weighted by Crippen LogP contribution is -2.41. The molecule has 78 valence electrons. The summed E-state index contributed by atoms with van der Waals surface area (Å²) < 4.78 is 0. The van der Waals surface area contributed by atoms with Crippen molar-refractivity contribution in [2.24, 2.45) is 11.3 Å². The minimum absolute atomic E-state index is 0.373. The Morgan fingerprint density at radius 2 is 1.85 bits per heavy atom. The fraction of sp³-hybridized carbons (Fsp3) is 1.00. The first-order valence-corrected chi connectivity index (χ1v) is 5.31. The highest BCUT2D eigenvalue weighted by Crippen LogP contribution is 2.30. The molecule has 1 heterocycles. The highest BCUT2D eigenvalue weighted by Gasteiger charge is 2.37. The number of hydrazine groups is 1. The average molecular weight is 184 g/mol. The van der Waals surface area contributed by atoms with Crippen molar-refractivity contribution >= 4 is 0 Å². The number of rotatable bonds is 1. The maximum Gasteiger partial charge on any atom is 0.0279 e. The van der Waals surface area contributed by atoms with Crippen LogP contribution in [0.1, 0.15) is 41.0 Å². The van der Waals surface area contributed by atoms with Gasteiger partial charge in [0, 0.05) is 19.1 Å². The maximum atomic E-state index is 3.56. The SMILES string of the molecule is CC(C)C1CC(C(C)(C)C)NN1C. The first kappa shape index (κ1) is 11.0. The third-order valence-corrected chi connectivity index (χ3v) is 3.15. The first-order chi connectivity index (χ1) is 5.82. The molecule has 13 heavy (non-hydrogen) atoms. The van der Waals surface area contributed by atoms with Crippen LogP contribution in [0.3, 0.4) is 0 Å². The fourth-order valence-corrected chi connectivity index (χ4v) is 2.06. The smallest absolute Gasteiger partial charge is 0.0279 e. The molecule has 1 N–H and O–H groups in total. The van der Waals surface area contributed by atoms with Crippen molar-refractivity contribution in [1.29, 1.82) is 0 Å². The summed E-state index contributed by atoms with van der Waals surface area (Å²) in [6.07, 6.45) is 1.28. The molecule has 2 nitrogen and oxygen atoms in total. The van der Waals surface area contributed by atoms with Gasteiger partial charge in [-0.25, -0.2) is 5.01 Å². The molecule has 1 rings (SSSR count). The van der Waals surface area contributed by atoms with E-state index in [2.05, 4.69) is 52.1 Å². The van der Waals surface area contributed by atoms with Crippen molar-refractivity contribution in [2.45, 2.75) is 53.1 Å². The van der Waals surface area contributed by atoms with Gasteiger partial charge in [0.1, 0.15) is 0 Å². The Labute approximate surface area is 82.7 Å². The van der Waals surface area contributed by atoms with E-state index in [-0.39, 0.29) is 0 Å². The highest BCUT2D eigenvalue weighted by molar-refractivity contribution is 4.90. The van der Waals surface area contributed by atoms with Crippen molar-refractivity contribution in [1.82, 2.24) is 10.4 Å². The molecule has 1 aliphatic heterocycles. The largest absolute Gasteiger partial charge is 0.252 e. The lowest BCUT2D eigenvalue weighted by molar-refractivity contribution is 0.170. The summed E-state index contributed by atoms with van der Waals surface area (Å²) in [5.41, 5.74) is 3.93. The van der Waals surface area contributed by atoms with Gasteiger partial charge < -0.3 is 0 Å². The molecule has 0 saturated carbocycles. The molecule has 0 aromatic carbocycles. The van der Waals surface area contributed by atoms with Crippen LogP contribution in [0.25, 0.3) is 0 Å². The zero-order chi connectivity index (χ0) is 10.2. The quantitative estimate of drug-likeness (QED) is 0.672. The van der Waals surface area contributed by atoms with E-state index < -0.39 is 0 Å². The minimum atomic E-state index is 0.373. The van der Waals surface area contributed by atoms with Gasteiger partial charge in [0.2, 0.25) is 0 Å². The van der Waals surface area contributed by atoms with Gasteiger partial charge in [0.25, 0.3) is 0 Å². The summed E-state index contributed by atoms with van der Waals surface area (Å²) >= 11 is 0. The average Bonchev–Trinajstić information content (AvgIpc) is 2.29. The van der Waals surface area contributed by atoms with E-state index in [1.807, 2.05) is 0 Å². The van der Waals surface area contributed by atoms with Gasteiger partial charge in [-0.05, 0) is 17.8 Å². The third-order valence-electron chi connectivity index (χ3n) is 3.15. The van der Waals surface area contributed by atoms with Crippen molar-refractivity contribution in [2.75, 3.05) is 7.05 Å². The van der Waals surface area contributed by atoms with E-state index in [0.29, 0.717) is 17.5 Å². The summed E-state index contributed by atoms with van der Waals surface area (Å²) in [4.78, 5) is 0. The molecule has 0 bridgehead atoms. The Balaban J connectivity index is 2.60. The van der Waals surface area contributed by atoms with Crippen LogP contribution in [0.2, 0.25) is 0 Å². The molecule has 0 aliphatic carbocycles.